The molecule has 0 bridgehead atoms. The summed E-state index contributed by atoms with van der Waals surface area (Å²) in [6, 6.07) is 4.97. The second-order valence-electron chi connectivity index (χ2n) is 4.43. The van der Waals surface area contributed by atoms with E-state index < -0.39 is 5.82 Å². The van der Waals surface area contributed by atoms with Gasteiger partial charge >= 0.3 is 0 Å². The number of aromatic nitrogens is 1. The zero-order valence-electron chi connectivity index (χ0n) is 10.6. The van der Waals surface area contributed by atoms with Gasteiger partial charge < -0.3 is 4.74 Å². The van der Waals surface area contributed by atoms with Crippen LogP contribution in [0, 0.1) is 5.82 Å². The zero-order valence-corrected chi connectivity index (χ0v) is 11.4. The van der Waals surface area contributed by atoms with E-state index in [1.54, 1.807) is 6.07 Å². The van der Waals surface area contributed by atoms with E-state index in [2.05, 4.69) is 4.98 Å². The first-order valence-corrected chi connectivity index (χ1v) is 6.33. The fraction of sp³-hybridized carbons (Fsp3) is 0.357. The normalized spacial score (nSPS) is 11.2. The minimum atomic E-state index is -0.412. The average Bonchev–Trinajstić information content (AvgIpc) is 2.30. The van der Waals surface area contributed by atoms with Gasteiger partial charge in [0, 0.05) is 11.5 Å². The fourth-order valence-corrected chi connectivity index (χ4v) is 2.20. The molecule has 1 heterocycles. The van der Waals surface area contributed by atoms with Gasteiger partial charge in [0.1, 0.15) is 5.15 Å². The molecule has 0 N–H and O–H groups in total. The molecule has 0 amide bonds. The van der Waals surface area contributed by atoms with Crippen LogP contribution in [0.2, 0.25) is 5.15 Å². The Morgan fingerprint density at radius 2 is 2.06 bits per heavy atom. The van der Waals surface area contributed by atoms with Crippen molar-refractivity contribution in [3.63, 3.8) is 0 Å². The van der Waals surface area contributed by atoms with Crippen LogP contribution < -0.4 is 4.74 Å². The number of rotatable bonds is 3. The highest BCUT2D eigenvalue weighted by molar-refractivity contribution is 6.30. The Hall–Kier alpha value is -1.35. The van der Waals surface area contributed by atoms with Crippen molar-refractivity contribution in [1.29, 1.82) is 0 Å². The topological polar surface area (TPSA) is 22.1 Å². The van der Waals surface area contributed by atoms with Gasteiger partial charge in [-0.2, -0.15) is 0 Å². The minimum absolute atomic E-state index is 0.254. The maximum absolute atomic E-state index is 13.7. The number of ether oxygens (including phenoxy) is 1. The molecule has 0 saturated heterocycles. The molecule has 96 valence electrons. The number of fused-ring (bicyclic) bond motifs is 1. The molecule has 2 rings (SSSR count). The number of pyridine rings is 1. The Labute approximate surface area is 111 Å². The van der Waals surface area contributed by atoms with Gasteiger partial charge in [-0.3, -0.25) is 0 Å². The van der Waals surface area contributed by atoms with E-state index in [0.717, 1.165) is 10.9 Å². The first-order chi connectivity index (χ1) is 8.52. The van der Waals surface area contributed by atoms with Crippen molar-refractivity contribution in [3.8, 4) is 5.75 Å². The Bertz CT molecular complexity index is 584. The van der Waals surface area contributed by atoms with E-state index in [1.807, 2.05) is 26.8 Å². The molecule has 0 radical (unpaired) electrons. The maximum atomic E-state index is 13.7. The summed E-state index contributed by atoms with van der Waals surface area (Å²) < 4.78 is 18.9. The van der Waals surface area contributed by atoms with Crippen LogP contribution >= 0.6 is 11.6 Å². The standard InChI is InChI=1S/C14H15ClFNO/c1-4-18-13-6-9-5-10(8(2)3)14(15)17-12(9)7-11(13)16/h5-8H,4H2,1-3H3. The molecule has 18 heavy (non-hydrogen) atoms. The summed E-state index contributed by atoms with van der Waals surface area (Å²) in [7, 11) is 0. The summed E-state index contributed by atoms with van der Waals surface area (Å²) in [5, 5.41) is 1.27. The molecule has 0 aliphatic rings. The van der Waals surface area contributed by atoms with Gasteiger partial charge in [0.05, 0.1) is 12.1 Å². The first-order valence-electron chi connectivity index (χ1n) is 5.95. The maximum Gasteiger partial charge on any atom is 0.167 e. The second kappa shape index (κ2) is 5.11. The van der Waals surface area contributed by atoms with Crippen molar-refractivity contribution in [2.75, 3.05) is 6.61 Å². The number of hydrogen-bond donors (Lipinski definition) is 0. The Morgan fingerprint density at radius 3 is 2.67 bits per heavy atom. The zero-order chi connectivity index (χ0) is 13.3. The van der Waals surface area contributed by atoms with E-state index in [1.165, 1.54) is 6.07 Å². The average molecular weight is 268 g/mol. The summed E-state index contributed by atoms with van der Waals surface area (Å²) in [6.45, 7) is 6.34. The molecule has 0 atom stereocenters. The number of halogens is 2. The Kier molecular flexibility index (Phi) is 3.71. The predicted octanol–water partition coefficient (Wildman–Crippen LogP) is 4.55. The molecule has 0 fully saturated rings. The summed E-state index contributed by atoms with van der Waals surface area (Å²) in [5.41, 5.74) is 1.50. The smallest absolute Gasteiger partial charge is 0.167 e. The SMILES string of the molecule is CCOc1cc2cc(C(C)C)c(Cl)nc2cc1F. The van der Waals surface area contributed by atoms with Gasteiger partial charge in [-0.15, -0.1) is 0 Å². The van der Waals surface area contributed by atoms with Crippen LogP contribution in [-0.4, -0.2) is 11.6 Å². The minimum Gasteiger partial charge on any atom is -0.491 e. The molecule has 0 unspecified atom stereocenters. The quantitative estimate of drug-likeness (QED) is 0.761. The summed E-state index contributed by atoms with van der Waals surface area (Å²) in [5.74, 6) is 0.115. The monoisotopic (exact) mass is 267 g/mol. The van der Waals surface area contributed by atoms with Crippen molar-refractivity contribution in [3.05, 3.63) is 34.7 Å². The van der Waals surface area contributed by atoms with Crippen LogP contribution in [0.15, 0.2) is 18.2 Å². The predicted molar refractivity (Wildman–Crippen MR) is 72.0 cm³/mol. The molecule has 1 aromatic carbocycles. The van der Waals surface area contributed by atoms with Crippen molar-refractivity contribution in [1.82, 2.24) is 4.98 Å². The highest BCUT2D eigenvalue weighted by Crippen LogP contribution is 2.30. The highest BCUT2D eigenvalue weighted by Gasteiger charge is 2.12. The van der Waals surface area contributed by atoms with Crippen molar-refractivity contribution in [2.24, 2.45) is 0 Å². The Morgan fingerprint density at radius 1 is 1.33 bits per heavy atom. The van der Waals surface area contributed by atoms with Crippen LogP contribution in [0.1, 0.15) is 32.3 Å². The van der Waals surface area contributed by atoms with Gasteiger partial charge in [-0.25, -0.2) is 9.37 Å². The summed E-state index contributed by atoms with van der Waals surface area (Å²) in [4.78, 5) is 4.23. The van der Waals surface area contributed by atoms with E-state index in [0.29, 0.717) is 17.3 Å². The van der Waals surface area contributed by atoms with Crippen LogP contribution in [0.4, 0.5) is 4.39 Å². The molecular formula is C14H15ClFNO. The van der Waals surface area contributed by atoms with E-state index >= 15 is 0 Å². The molecular weight excluding hydrogens is 253 g/mol. The van der Waals surface area contributed by atoms with E-state index in [4.69, 9.17) is 16.3 Å². The fourth-order valence-electron chi connectivity index (χ4n) is 1.84. The van der Waals surface area contributed by atoms with E-state index in [9.17, 15) is 4.39 Å². The van der Waals surface area contributed by atoms with Crippen LogP contribution in [0.5, 0.6) is 5.75 Å². The number of hydrogen-bond acceptors (Lipinski definition) is 2. The number of benzene rings is 1. The third-order valence-corrected chi connectivity index (χ3v) is 3.07. The van der Waals surface area contributed by atoms with Gasteiger partial charge in [-0.1, -0.05) is 25.4 Å². The van der Waals surface area contributed by atoms with Crippen LogP contribution in [-0.2, 0) is 0 Å². The third kappa shape index (κ3) is 2.41. The third-order valence-electron chi connectivity index (χ3n) is 2.77. The molecule has 0 saturated carbocycles. The summed E-state index contributed by atoms with van der Waals surface area (Å²) in [6.07, 6.45) is 0. The first kappa shape index (κ1) is 13.1. The lowest BCUT2D eigenvalue weighted by molar-refractivity contribution is 0.322. The lowest BCUT2D eigenvalue weighted by Gasteiger charge is -2.11. The van der Waals surface area contributed by atoms with Crippen LogP contribution in [0.25, 0.3) is 10.9 Å². The molecule has 0 aliphatic carbocycles. The molecule has 0 aliphatic heterocycles. The molecule has 4 heteroatoms. The Balaban J connectivity index is 2.63. The molecule has 2 nitrogen and oxygen atoms in total. The van der Waals surface area contributed by atoms with Crippen LogP contribution in [0.3, 0.4) is 0 Å². The van der Waals surface area contributed by atoms with Gasteiger partial charge in [0.15, 0.2) is 11.6 Å². The van der Waals surface area contributed by atoms with Crippen molar-refractivity contribution >= 4 is 22.5 Å². The van der Waals surface area contributed by atoms with Crippen molar-refractivity contribution < 1.29 is 9.13 Å². The summed E-state index contributed by atoms with van der Waals surface area (Å²) >= 11 is 6.09. The largest absolute Gasteiger partial charge is 0.491 e. The van der Waals surface area contributed by atoms with Gasteiger partial charge in [-0.05, 0) is 30.5 Å². The van der Waals surface area contributed by atoms with Crippen molar-refractivity contribution in [2.45, 2.75) is 26.7 Å². The lowest BCUT2D eigenvalue weighted by atomic mass is 10.0. The molecule has 2 aromatic rings. The van der Waals surface area contributed by atoms with Gasteiger partial charge in [0.25, 0.3) is 0 Å². The second-order valence-corrected chi connectivity index (χ2v) is 4.79. The van der Waals surface area contributed by atoms with E-state index in [-0.39, 0.29) is 11.7 Å². The highest BCUT2D eigenvalue weighted by atomic mass is 35.5. The number of nitrogens with zero attached hydrogens (tertiary/aromatic N) is 1. The lowest BCUT2D eigenvalue weighted by Crippen LogP contribution is -1.97. The molecule has 0 spiro atoms. The molecule has 1 aromatic heterocycles. The van der Waals surface area contributed by atoms with Gasteiger partial charge in [0.2, 0.25) is 0 Å².